The van der Waals surface area contributed by atoms with Gasteiger partial charge in [0.05, 0.1) is 88.4 Å². The zero-order valence-corrected chi connectivity index (χ0v) is 34.3. The van der Waals surface area contributed by atoms with E-state index in [2.05, 4.69) is 0 Å². The van der Waals surface area contributed by atoms with E-state index < -0.39 is 43.7 Å². The second-order valence-electron chi connectivity index (χ2n) is 14.1. The highest BCUT2D eigenvalue weighted by Gasteiger charge is 2.49. The molecule has 6 N–H and O–H groups in total. The Bertz CT molecular complexity index is 2020. The van der Waals surface area contributed by atoms with Crippen LogP contribution in [-0.2, 0) is 9.47 Å². The minimum absolute atomic E-state index is 0.0121. The molecule has 0 spiro atoms. The summed E-state index contributed by atoms with van der Waals surface area (Å²) in [6.45, 7) is -0.497. The third-order valence-electron chi connectivity index (χ3n) is 10.9. The molecule has 4 aromatic rings. The van der Waals surface area contributed by atoms with Crippen molar-refractivity contribution in [1.82, 2.24) is 0 Å². The first-order chi connectivity index (χ1) is 29.0. The molecule has 2 fully saturated rings. The maximum absolute atomic E-state index is 11.7. The number of aromatic hydroxyl groups is 2. The van der Waals surface area contributed by atoms with Gasteiger partial charge in [0.2, 0.25) is 17.2 Å². The van der Waals surface area contributed by atoms with Crippen LogP contribution >= 0.6 is 0 Å². The molecule has 4 aromatic carbocycles. The molecule has 17 nitrogen and oxygen atoms in total. The van der Waals surface area contributed by atoms with Crippen molar-refractivity contribution in [3.63, 3.8) is 0 Å². The van der Waals surface area contributed by atoms with Crippen LogP contribution in [0.4, 0.5) is 0 Å². The Morgan fingerprint density at radius 3 is 1.28 bits per heavy atom. The van der Waals surface area contributed by atoms with Crippen molar-refractivity contribution in [3.8, 4) is 63.2 Å². The van der Waals surface area contributed by atoms with Crippen LogP contribution in [0, 0.1) is 11.8 Å². The van der Waals surface area contributed by atoms with Gasteiger partial charge in [0, 0.05) is 11.8 Å². The largest absolute Gasteiger partial charge is 0.504 e. The van der Waals surface area contributed by atoms with Gasteiger partial charge in [0.1, 0.15) is 12.2 Å². The van der Waals surface area contributed by atoms with Crippen LogP contribution in [0.3, 0.4) is 0 Å². The summed E-state index contributed by atoms with van der Waals surface area (Å²) >= 11 is 0. The number of aliphatic hydroxyl groups is 4. The molecule has 60 heavy (non-hydrogen) atoms. The van der Waals surface area contributed by atoms with Crippen molar-refractivity contribution in [2.75, 3.05) is 76.2 Å². The SMILES string of the molecule is COc1cc(C(O)C(CO)Oc2c(OC)cc(C(O)C(CO)Oc3c(OC)cc(C4OCC5C(c6cc(OC)c(O)c(OC)c6)OCC45)cc3OC)cc2OC)ccc1O. The molecule has 0 saturated carbocycles. The van der Waals surface area contributed by atoms with Crippen LogP contribution in [0.5, 0.6) is 63.2 Å². The van der Waals surface area contributed by atoms with Gasteiger partial charge in [-0.25, -0.2) is 0 Å². The molecule has 0 bridgehead atoms. The number of rotatable bonds is 19. The first kappa shape index (κ1) is 44.0. The molecule has 2 saturated heterocycles. The number of phenolic OH excluding ortho intramolecular Hbond substituents is 2. The van der Waals surface area contributed by atoms with Crippen LogP contribution < -0.4 is 42.6 Å². The molecule has 326 valence electrons. The lowest BCUT2D eigenvalue weighted by Gasteiger charge is -2.28. The van der Waals surface area contributed by atoms with Gasteiger partial charge >= 0.3 is 0 Å². The lowest BCUT2D eigenvalue weighted by Crippen LogP contribution is -2.30. The minimum Gasteiger partial charge on any atom is -0.504 e. The summed E-state index contributed by atoms with van der Waals surface area (Å²) in [7, 11) is 9.93. The normalized spacial score (nSPS) is 20.3. The number of aliphatic hydroxyl groups excluding tert-OH is 4. The van der Waals surface area contributed by atoms with E-state index in [1.54, 1.807) is 24.3 Å². The van der Waals surface area contributed by atoms with Crippen LogP contribution in [-0.4, -0.2) is 119 Å². The first-order valence-electron chi connectivity index (χ1n) is 19.0. The molecule has 0 aliphatic carbocycles. The average Bonchev–Trinajstić information content (AvgIpc) is 3.90. The third-order valence-corrected chi connectivity index (χ3v) is 10.9. The monoisotopic (exact) mass is 840 g/mol. The van der Waals surface area contributed by atoms with E-state index in [0.717, 1.165) is 11.1 Å². The Hall–Kier alpha value is -5.56. The topological polar surface area (TPSA) is 223 Å². The summed E-state index contributed by atoms with van der Waals surface area (Å²) in [5.41, 5.74) is 2.02. The van der Waals surface area contributed by atoms with Crippen LogP contribution in [0.15, 0.2) is 54.6 Å². The van der Waals surface area contributed by atoms with Crippen molar-refractivity contribution in [3.05, 3.63) is 76.9 Å². The summed E-state index contributed by atoms with van der Waals surface area (Å²) in [6, 6.07) is 14.1. The van der Waals surface area contributed by atoms with Crippen molar-refractivity contribution >= 4 is 0 Å². The molecule has 6 rings (SSSR count). The van der Waals surface area contributed by atoms with Crippen LogP contribution in [0.25, 0.3) is 0 Å². The number of phenols is 2. The molecule has 0 radical (unpaired) electrons. The average molecular weight is 841 g/mol. The number of hydrogen-bond donors (Lipinski definition) is 6. The summed E-state index contributed by atoms with van der Waals surface area (Å²) in [5, 5.41) is 64.0. The molecular weight excluding hydrogens is 788 g/mol. The lowest BCUT2D eigenvalue weighted by molar-refractivity contribution is -0.00435. The van der Waals surface area contributed by atoms with E-state index in [-0.39, 0.29) is 86.7 Å². The van der Waals surface area contributed by atoms with Crippen LogP contribution in [0.2, 0.25) is 0 Å². The van der Waals surface area contributed by atoms with E-state index in [0.29, 0.717) is 18.8 Å². The van der Waals surface area contributed by atoms with Gasteiger partial charge in [-0.15, -0.1) is 0 Å². The summed E-state index contributed by atoms with van der Waals surface area (Å²) < 4.78 is 63.6. The summed E-state index contributed by atoms with van der Waals surface area (Å²) in [6.07, 6.45) is -6.12. The standard InChI is InChI=1S/C43H52O17/c1-50-28-10-21(8-9-27(28)46)37(47)35(17-44)59-42-31(53-4)11-22(12-32(42)54-5)38(48)36(18-45)60-43-33(55-6)15-24(16-34(43)56-7)41-26-20-57-40(25(26)19-58-41)23-13-29(51-2)39(49)30(14-23)52-3/h8-16,25-26,35-38,40-41,44-49H,17-20H2,1-7H3. The van der Waals surface area contributed by atoms with Gasteiger partial charge in [-0.05, 0) is 70.8 Å². The van der Waals surface area contributed by atoms with E-state index in [9.17, 15) is 30.6 Å². The fraction of sp³-hybridized carbons (Fsp3) is 0.442. The number of benzene rings is 4. The number of hydrogen-bond acceptors (Lipinski definition) is 17. The van der Waals surface area contributed by atoms with Gasteiger partial charge in [-0.3, -0.25) is 0 Å². The van der Waals surface area contributed by atoms with Gasteiger partial charge in [-0.2, -0.15) is 0 Å². The number of ether oxygens (including phenoxy) is 11. The van der Waals surface area contributed by atoms with E-state index in [4.69, 9.17) is 52.1 Å². The molecule has 8 atom stereocenters. The summed E-state index contributed by atoms with van der Waals surface area (Å²) in [4.78, 5) is 0. The molecule has 17 heteroatoms. The fourth-order valence-electron chi connectivity index (χ4n) is 7.69. The highest BCUT2D eigenvalue weighted by Crippen LogP contribution is 2.54. The Labute approximate surface area is 347 Å². The maximum Gasteiger partial charge on any atom is 0.204 e. The second kappa shape index (κ2) is 19.2. The molecule has 0 aromatic heterocycles. The Morgan fingerprint density at radius 2 is 0.883 bits per heavy atom. The maximum atomic E-state index is 11.7. The summed E-state index contributed by atoms with van der Waals surface area (Å²) in [5.74, 6) is 1.11. The van der Waals surface area contributed by atoms with Gasteiger partial charge in [0.15, 0.2) is 58.2 Å². The number of methoxy groups -OCH3 is 7. The molecule has 2 heterocycles. The van der Waals surface area contributed by atoms with Gasteiger partial charge < -0.3 is 82.7 Å². The zero-order chi connectivity index (χ0) is 43.2. The molecular formula is C43H52O17. The highest BCUT2D eigenvalue weighted by molar-refractivity contribution is 5.57. The smallest absolute Gasteiger partial charge is 0.204 e. The Kier molecular flexibility index (Phi) is 14.1. The predicted octanol–water partition coefficient (Wildman–Crippen LogP) is 4.18. The number of fused-ring (bicyclic) bond motifs is 1. The van der Waals surface area contributed by atoms with Crippen molar-refractivity contribution < 1.29 is 82.7 Å². The van der Waals surface area contributed by atoms with Gasteiger partial charge in [0.25, 0.3) is 0 Å². The van der Waals surface area contributed by atoms with Crippen molar-refractivity contribution in [1.29, 1.82) is 0 Å². The molecule has 8 unspecified atom stereocenters. The van der Waals surface area contributed by atoms with Crippen LogP contribution in [0.1, 0.15) is 46.7 Å². The Balaban J connectivity index is 1.23. The van der Waals surface area contributed by atoms with E-state index in [1.165, 1.54) is 80.1 Å². The van der Waals surface area contributed by atoms with Gasteiger partial charge in [-0.1, -0.05) is 6.07 Å². The molecule has 2 aliphatic rings. The second-order valence-corrected chi connectivity index (χ2v) is 14.1. The van der Waals surface area contributed by atoms with Crippen molar-refractivity contribution in [2.45, 2.75) is 36.6 Å². The lowest BCUT2D eigenvalue weighted by atomic mass is 9.84. The van der Waals surface area contributed by atoms with Crippen molar-refractivity contribution in [2.24, 2.45) is 11.8 Å². The van der Waals surface area contributed by atoms with E-state index in [1.807, 2.05) is 0 Å². The zero-order valence-electron chi connectivity index (χ0n) is 34.3. The Morgan fingerprint density at radius 1 is 0.517 bits per heavy atom. The molecule has 0 amide bonds. The highest BCUT2D eigenvalue weighted by atomic mass is 16.6. The fourth-order valence-corrected chi connectivity index (χ4v) is 7.69. The predicted molar refractivity (Wildman–Crippen MR) is 212 cm³/mol. The quantitative estimate of drug-likeness (QED) is 0.0779. The van der Waals surface area contributed by atoms with E-state index >= 15 is 0 Å². The minimum atomic E-state index is -1.48. The first-order valence-corrected chi connectivity index (χ1v) is 19.0. The molecule has 2 aliphatic heterocycles. The third kappa shape index (κ3) is 8.54.